The maximum Gasteiger partial charge on any atom is 0.300 e. The summed E-state index contributed by atoms with van der Waals surface area (Å²) >= 11 is 6.90. The van der Waals surface area contributed by atoms with E-state index >= 15 is 0 Å². The molecule has 4 nitrogen and oxygen atoms in total. The molecule has 0 amide bonds. The Morgan fingerprint density at radius 1 is 1.11 bits per heavy atom. The van der Waals surface area contributed by atoms with Crippen LogP contribution in [0.1, 0.15) is 0 Å². The summed E-state index contributed by atoms with van der Waals surface area (Å²) in [5, 5.41) is 3.13. The molecule has 0 aliphatic carbocycles. The molecule has 19 heavy (non-hydrogen) atoms. The fraction of sp³-hybridized carbons (Fsp3) is 0. The van der Waals surface area contributed by atoms with Crippen LogP contribution in [0.2, 0.25) is 0 Å². The summed E-state index contributed by atoms with van der Waals surface area (Å²) in [6.07, 6.45) is 0. The van der Waals surface area contributed by atoms with E-state index in [-0.39, 0.29) is 0 Å². The van der Waals surface area contributed by atoms with Crippen LogP contribution in [0, 0.1) is 0 Å². The van der Waals surface area contributed by atoms with E-state index in [1.807, 2.05) is 18.2 Å². The molecule has 0 saturated heterocycles. The molecule has 2 aromatic carbocycles. The maximum atomic E-state index is 5.71. The third-order valence-electron chi connectivity index (χ3n) is 2.58. The minimum Gasteiger partial charge on any atom is -0.423 e. The average Bonchev–Trinajstić information content (AvgIpc) is 2.75. The second-order valence-electron chi connectivity index (χ2n) is 4.00. The van der Waals surface area contributed by atoms with Crippen LogP contribution in [0.25, 0.3) is 11.1 Å². The average molecular weight is 383 g/mol. The van der Waals surface area contributed by atoms with Crippen LogP contribution in [0.4, 0.5) is 17.4 Å². The molecule has 3 rings (SSSR count). The number of oxazole rings is 1. The van der Waals surface area contributed by atoms with Gasteiger partial charge in [-0.2, -0.15) is 4.98 Å². The predicted molar refractivity (Wildman–Crippen MR) is 83.5 cm³/mol. The van der Waals surface area contributed by atoms with Gasteiger partial charge < -0.3 is 15.5 Å². The van der Waals surface area contributed by atoms with Gasteiger partial charge in [0.15, 0.2) is 5.58 Å². The topological polar surface area (TPSA) is 64.1 Å². The second kappa shape index (κ2) is 4.86. The normalized spacial score (nSPS) is 10.8. The summed E-state index contributed by atoms with van der Waals surface area (Å²) in [5.74, 6) is 0. The van der Waals surface area contributed by atoms with Crippen molar-refractivity contribution in [2.75, 3.05) is 11.1 Å². The van der Waals surface area contributed by atoms with Gasteiger partial charge in [-0.05, 0) is 52.3 Å². The molecule has 0 bridgehead atoms. The van der Waals surface area contributed by atoms with Crippen molar-refractivity contribution < 1.29 is 4.42 Å². The van der Waals surface area contributed by atoms with Crippen LogP contribution in [-0.2, 0) is 0 Å². The van der Waals surface area contributed by atoms with Gasteiger partial charge in [0.25, 0.3) is 6.01 Å². The number of anilines is 3. The van der Waals surface area contributed by atoms with Crippen molar-refractivity contribution in [3.8, 4) is 0 Å². The van der Waals surface area contributed by atoms with E-state index in [2.05, 4.69) is 42.2 Å². The van der Waals surface area contributed by atoms with Crippen LogP contribution < -0.4 is 11.1 Å². The molecule has 0 unspecified atom stereocenters. The van der Waals surface area contributed by atoms with Gasteiger partial charge in [-0.3, -0.25) is 0 Å². The van der Waals surface area contributed by atoms with Gasteiger partial charge in [0.1, 0.15) is 5.52 Å². The molecule has 0 radical (unpaired) electrons. The minimum absolute atomic E-state index is 0.430. The Hall–Kier alpha value is -1.53. The van der Waals surface area contributed by atoms with Gasteiger partial charge >= 0.3 is 0 Å². The van der Waals surface area contributed by atoms with Gasteiger partial charge in [0.2, 0.25) is 0 Å². The molecule has 0 aliphatic heterocycles. The minimum atomic E-state index is 0.430. The Labute approximate surface area is 126 Å². The summed E-state index contributed by atoms with van der Waals surface area (Å²) in [6, 6.07) is 11.6. The summed E-state index contributed by atoms with van der Waals surface area (Å²) in [4.78, 5) is 4.35. The zero-order valence-corrected chi connectivity index (χ0v) is 12.8. The molecule has 0 aliphatic rings. The molecule has 0 saturated carbocycles. The summed E-state index contributed by atoms with van der Waals surface area (Å²) < 4.78 is 7.51. The van der Waals surface area contributed by atoms with Gasteiger partial charge in [-0.15, -0.1) is 0 Å². The van der Waals surface area contributed by atoms with Crippen molar-refractivity contribution in [2.24, 2.45) is 0 Å². The van der Waals surface area contributed by atoms with Crippen LogP contribution in [-0.4, -0.2) is 4.98 Å². The van der Waals surface area contributed by atoms with E-state index in [0.29, 0.717) is 17.3 Å². The third-order valence-corrected chi connectivity index (χ3v) is 3.77. The predicted octanol–water partition coefficient (Wildman–Crippen LogP) is 4.68. The van der Waals surface area contributed by atoms with Crippen molar-refractivity contribution in [1.82, 2.24) is 4.98 Å². The Kier molecular flexibility index (Phi) is 3.20. The zero-order chi connectivity index (χ0) is 13.4. The lowest BCUT2D eigenvalue weighted by Gasteiger charge is -2.04. The number of aromatic nitrogens is 1. The molecule has 0 spiro atoms. The highest BCUT2D eigenvalue weighted by atomic mass is 79.9. The fourth-order valence-corrected chi connectivity index (χ4v) is 2.41. The number of nitrogens with zero attached hydrogens (tertiary/aromatic N) is 1. The van der Waals surface area contributed by atoms with Gasteiger partial charge in [0, 0.05) is 14.6 Å². The van der Waals surface area contributed by atoms with Crippen molar-refractivity contribution in [1.29, 1.82) is 0 Å². The first-order valence-electron chi connectivity index (χ1n) is 5.50. The Morgan fingerprint density at radius 2 is 1.95 bits per heavy atom. The number of nitrogens with two attached hydrogens (primary N) is 1. The summed E-state index contributed by atoms with van der Waals surface area (Å²) in [6.45, 7) is 0. The smallest absolute Gasteiger partial charge is 0.300 e. The molecule has 3 N–H and O–H groups in total. The van der Waals surface area contributed by atoms with E-state index in [1.165, 1.54) is 0 Å². The number of benzene rings is 2. The van der Waals surface area contributed by atoms with E-state index in [9.17, 15) is 0 Å². The third kappa shape index (κ3) is 2.59. The van der Waals surface area contributed by atoms with Crippen molar-refractivity contribution >= 4 is 60.3 Å². The molecule has 1 aromatic heterocycles. The number of hydrogen-bond donors (Lipinski definition) is 2. The first-order chi connectivity index (χ1) is 9.11. The molecule has 0 atom stereocenters. The first kappa shape index (κ1) is 12.5. The number of hydrogen-bond acceptors (Lipinski definition) is 4. The number of nitrogens with one attached hydrogen (secondary N) is 1. The van der Waals surface area contributed by atoms with E-state index in [1.54, 1.807) is 18.2 Å². The van der Waals surface area contributed by atoms with Crippen LogP contribution >= 0.6 is 31.9 Å². The van der Waals surface area contributed by atoms with Gasteiger partial charge in [-0.25, -0.2) is 0 Å². The molecule has 1 heterocycles. The quantitative estimate of drug-likeness (QED) is 0.631. The number of halogens is 2. The lowest BCUT2D eigenvalue weighted by molar-refractivity contribution is 0.623. The molecule has 96 valence electrons. The van der Waals surface area contributed by atoms with Crippen LogP contribution in [0.15, 0.2) is 49.8 Å². The highest BCUT2D eigenvalue weighted by Gasteiger charge is 2.08. The maximum absolute atomic E-state index is 5.71. The molecule has 3 aromatic rings. The van der Waals surface area contributed by atoms with Crippen LogP contribution in [0.5, 0.6) is 0 Å². The fourth-order valence-electron chi connectivity index (χ4n) is 1.71. The highest BCUT2D eigenvalue weighted by Crippen LogP contribution is 2.30. The Morgan fingerprint density at radius 3 is 2.79 bits per heavy atom. The molecular weight excluding hydrogens is 374 g/mol. The van der Waals surface area contributed by atoms with Crippen molar-refractivity contribution in [2.45, 2.75) is 0 Å². The number of rotatable bonds is 2. The van der Waals surface area contributed by atoms with E-state index in [0.717, 1.165) is 20.1 Å². The lowest BCUT2D eigenvalue weighted by atomic mass is 10.3. The number of nitrogen functional groups attached to an aromatic ring is 1. The molecular formula is C13H9Br2N3O. The molecule has 0 fully saturated rings. The summed E-state index contributed by atoms with van der Waals surface area (Å²) in [7, 11) is 0. The number of fused-ring (bicyclic) bond motifs is 1. The second-order valence-corrected chi connectivity index (χ2v) is 5.77. The van der Waals surface area contributed by atoms with E-state index in [4.69, 9.17) is 10.2 Å². The van der Waals surface area contributed by atoms with Crippen molar-refractivity contribution in [3.63, 3.8) is 0 Å². The van der Waals surface area contributed by atoms with Crippen LogP contribution in [0.3, 0.4) is 0 Å². The van der Waals surface area contributed by atoms with Gasteiger partial charge in [0.05, 0.1) is 5.69 Å². The standard InChI is InChI=1S/C13H9Br2N3O/c14-7-1-3-9(15)10(5-7)17-13-18-11-6-8(16)2-4-12(11)19-13/h1-6H,16H2,(H,17,18). The van der Waals surface area contributed by atoms with Crippen molar-refractivity contribution in [3.05, 3.63) is 45.3 Å². The SMILES string of the molecule is Nc1ccc2oc(Nc3cc(Br)ccc3Br)nc2c1. The largest absolute Gasteiger partial charge is 0.423 e. The monoisotopic (exact) mass is 381 g/mol. The lowest BCUT2D eigenvalue weighted by Crippen LogP contribution is -1.91. The highest BCUT2D eigenvalue weighted by molar-refractivity contribution is 9.11. The summed E-state index contributed by atoms with van der Waals surface area (Å²) in [5.41, 5.74) is 8.67. The Balaban J connectivity index is 1.98. The molecule has 6 heteroatoms. The van der Waals surface area contributed by atoms with E-state index < -0.39 is 0 Å². The first-order valence-corrected chi connectivity index (χ1v) is 7.08. The zero-order valence-electron chi connectivity index (χ0n) is 9.65. The van der Waals surface area contributed by atoms with Gasteiger partial charge in [-0.1, -0.05) is 15.9 Å². The Bertz CT molecular complexity index is 755.